The molecular formula is C13H15NO4. The van der Waals surface area contributed by atoms with Crippen molar-refractivity contribution in [1.82, 2.24) is 0 Å². The van der Waals surface area contributed by atoms with Crippen LogP contribution < -0.4 is 9.64 Å². The number of carbonyl (C=O) groups is 2. The first-order chi connectivity index (χ1) is 8.52. The van der Waals surface area contributed by atoms with Crippen LogP contribution in [0.2, 0.25) is 0 Å². The Morgan fingerprint density at radius 2 is 2.22 bits per heavy atom. The minimum atomic E-state index is -0.629. The average Bonchev–Trinajstić information content (AvgIpc) is 2.67. The predicted octanol–water partition coefficient (Wildman–Crippen LogP) is 0.995. The highest BCUT2D eigenvalue weighted by Crippen LogP contribution is 2.28. The molecule has 0 bridgehead atoms. The summed E-state index contributed by atoms with van der Waals surface area (Å²) in [4.78, 5) is 24.5. The number of benzene rings is 1. The lowest BCUT2D eigenvalue weighted by molar-refractivity contribution is -0.117. The van der Waals surface area contributed by atoms with Crippen molar-refractivity contribution < 1.29 is 19.4 Å². The van der Waals surface area contributed by atoms with Crippen LogP contribution in [0.25, 0.3) is 0 Å². The third-order valence-electron chi connectivity index (χ3n) is 2.98. The molecule has 5 heteroatoms. The van der Waals surface area contributed by atoms with Crippen LogP contribution >= 0.6 is 0 Å². The number of rotatable bonds is 3. The van der Waals surface area contributed by atoms with E-state index in [9.17, 15) is 14.7 Å². The number of aliphatic hydroxyl groups is 1. The van der Waals surface area contributed by atoms with E-state index in [4.69, 9.17) is 4.74 Å². The number of methoxy groups -OCH3 is 1. The number of hydrogen-bond donors (Lipinski definition) is 1. The summed E-state index contributed by atoms with van der Waals surface area (Å²) in [5.41, 5.74) is 1.12. The summed E-state index contributed by atoms with van der Waals surface area (Å²) in [6.07, 6.45) is -0.493. The maximum atomic E-state index is 11.7. The molecule has 5 nitrogen and oxygen atoms in total. The number of Topliss-reactive ketones (excluding diaryl/α,β-unsaturated/α-hetero) is 1. The second-order valence-corrected chi connectivity index (χ2v) is 4.30. The molecule has 1 fully saturated rings. The molecule has 18 heavy (non-hydrogen) atoms. The maximum absolute atomic E-state index is 11.7. The van der Waals surface area contributed by atoms with E-state index in [0.717, 1.165) is 0 Å². The molecule has 1 unspecified atom stereocenters. The Morgan fingerprint density at radius 3 is 2.72 bits per heavy atom. The number of carbonyl (C=O) groups excluding carboxylic acids is 2. The standard InChI is InChI=1S/C13H15NO4/c1-8(15)11-4-3-9(5-12(11)18-2)14-7-10(16)6-13(14)17/h3-5,10,16H,6-7H2,1-2H3. The molecule has 0 saturated carbocycles. The van der Waals surface area contributed by atoms with Gasteiger partial charge >= 0.3 is 0 Å². The van der Waals surface area contributed by atoms with Gasteiger partial charge in [-0.2, -0.15) is 0 Å². The lowest BCUT2D eigenvalue weighted by Gasteiger charge is -2.17. The lowest BCUT2D eigenvalue weighted by Crippen LogP contribution is -2.25. The molecule has 1 saturated heterocycles. The molecule has 1 N–H and O–H groups in total. The van der Waals surface area contributed by atoms with Crippen LogP contribution in [0.15, 0.2) is 18.2 Å². The second kappa shape index (κ2) is 4.78. The molecule has 0 radical (unpaired) electrons. The average molecular weight is 249 g/mol. The number of amides is 1. The molecule has 0 aliphatic carbocycles. The van der Waals surface area contributed by atoms with Gasteiger partial charge in [-0.15, -0.1) is 0 Å². The normalized spacial score (nSPS) is 19.2. The van der Waals surface area contributed by atoms with E-state index in [-0.39, 0.29) is 24.7 Å². The van der Waals surface area contributed by atoms with Crippen LogP contribution in [-0.4, -0.2) is 36.6 Å². The Balaban J connectivity index is 2.36. The van der Waals surface area contributed by atoms with Crippen LogP contribution in [-0.2, 0) is 4.79 Å². The monoisotopic (exact) mass is 249 g/mol. The summed E-state index contributed by atoms with van der Waals surface area (Å²) in [7, 11) is 1.48. The molecule has 1 amide bonds. The van der Waals surface area contributed by atoms with Crippen molar-refractivity contribution in [1.29, 1.82) is 0 Å². The van der Waals surface area contributed by atoms with E-state index in [1.54, 1.807) is 18.2 Å². The van der Waals surface area contributed by atoms with Crippen LogP contribution in [0.1, 0.15) is 23.7 Å². The van der Waals surface area contributed by atoms with Crippen molar-refractivity contribution >= 4 is 17.4 Å². The number of ether oxygens (including phenoxy) is 1. The SMILES string of the molecule is COc1cc(N2CC(O)CC2=O)ccc1C(C)=O. The van der Waals surface area contributed by atoms with Crippen LogP contribution in [0.3, 0.4) is 0 Å². The molecule has 2 rings (SSSR count). The van der Waals surface area contributed by atoms with Gasteiger partial charge < -0.3 is 14.7 Å². The Hall–Kier alpha value is -1.88. The number of β-amino-alcohol motifs (C(OH)–C–C–N with tert-alkyl or cyclic N) is 1. The highest BCUT2D eigenvalue weighted by atomic mass is 16.5. The Kier molecular flexibility index (Phi) is 3.34. The highest BCUT2D eigenvalue weighted by Gasteiger charge is 2.29. The van der Waals surface area contributed by atoms with E-state index in [0.29, 0.717) is 17.0 Å². The minimum absolute atomic E-state index is 0.0915. The first-order valence-corrected chi connectivity index (χ1v) is 5.70. The number of nitrogens with zero attached hydrogens (tertiary/aromatic N) is 1. The van der Waals surface area contributed by atoms with Gasteiger partial charge in [-0.3, -0.25) is 9.59 Å². The number of ketones is 1. The third-order valence-corrected chi connectivity index (χ3v) is 2.98. The van der Waals surface area contributed by atoms with E-state index in [1.165, 1.54) is 18.9 Å². The molecule has 1 aromatic carbocycles. The highest BCUT2D eigenvalue weighted by molar-refractivity contribution is 5.99. The lowest BCUT2D eigenvalue weighted by atomic mass is 10.1. The van der Waals surface area contributed by atoms with Crippen LogP contribution in [0.5, 0.6) is 5.75 Å². The first kappa shape index (κ1) is 12.6. The molecule has 1 aliphatic heterocycles. The van der Waals surface area contributed by atoms with Crippen molar-refractivity contribution in [2.75, 3.05) is 18.6 Å². The fourth-order valence-electron chi connectivity index (χ4n) is 2.08. The summed E-state index contributed by atoms with van der Waals surface area (Å²) in [5, 5.41) is 9.45. The smallest absolute Gasteiger partial charge is 0.229 e. The fraction of sp³-hybridized carbons (Fsp3) is 0.385. The Bertz CT molecular complexity index is 498. The van der Waals surface area contributed by atoms with Gasteiger partial charge in [-0.05, 0) is 19.1 Å². The third kappa shape index (κ3) is 2.22. The second-order valence-electron chi connectivity index (χ2n) is 4.30. The molecule has 1 aromatic rings. The van der Waals surface area contributed by atoms with Gasteiger partial charge in [0.25, 0.3) is 0 Å². The van der Waals surface area contributed by atoms with Crippen molar-refractivity contribution in [2.24, 2.45) is 0 Å². The van der Waals surface area contributed by atoms with E-state index in [2.05, 4.69) is 0 Å². The summed E-state index contributed by atoms with van der Waals surface area (Å²) >= 11 is 0. The summed E-state index contributed by atoms with van der Waals surface area (Å²) < 4.78 is 5.15. The van der Waals surface area contributed by atoms with Gasteiger partial charge in [-0.25, -0.2) is 0 Å². The van der Waals surface area contributed by atoms with Gasteiger partial charge in [0, 0.05) is 11.8 Å². The molecule has 0 aromatic heterocycles. The van der Waals surface area contributed by atoms with E-state index < -0.39 is 6.10 Å². The molecule has 1 heterocycles. The quantitative estimate of drug-likeness (QED) is 0.811. The van der Waals surface area contributed by atoms with E-state index in [1.807, 2.05) is 0 Å². The Labute approximate surface area is 105 Å². The van der Waals surface area contributed by atoms with E-state index >= 15 is 0 Å². The van der Waals surface area contributed by atoms with Gasteiger partial charge in [0.2, 0.25) is 5.91 Å². The number of anilines is 1. The molecule has 96 valence electrons. The van der Waals surface area contributed by atoms with Gasteiger partial charge in [0.1, 0.15) is 5.75 Å². The summed E-state index contributed by atoms with van der Waals surface area (Å²) in [6, 6.07) is 4.97. The van der Waals surface area contributed by atoms with Gasteiger partial charge in [0.05, 0.1) is 31.7 Å². The van der Waals surface area contributed by atoms with Crippen molar-refractivity contribution in [3.05, 3.63) is 23.8 Å². The van der Waals surface area contributed by atoms with Crippen LogP contribution in [0, 0.1) is 0 Å². The minimum Gasteiger partial charge on any atom is -0.496 e. The van der Waals surface area contributed by atoms with Crippen molar-refractivity contribution in [2.45, 2.75) is 19.4 Å². The molecule has 1 aliphatic rings. The maximum Gasteiger partial charge on any atom is 0.229 e. The first-order valence-electron chi connectivity index (χ1n) is 5.70. The topological polar surface area (TPSA) is 66.8 Å². The number of hydrogen-bond acceptors (Lipinski definition) is 4. The zero-order valence-electron chi connectivity index (χ0n) is 10.3. The zero-order valence-corrected chi connectivity index (χ0v) is 10.3. The zero-order chi connectivity index (χ0) is 13.3. The summed E-state index contributed by atoms with van der Waals surface area (Å²) in [5.74, 6) is 0.223. The molecule has 0 spiro atoms. The Morgan fingerprint density at radius 1 is 1.50 bits per heavy atom. The van der Waals surface area contributed by atoms with Gasteiger partial charge in [-0.1, -0.05) is 0 Å². The number of aliphatic hydroxyl groups excluding tert-OH is 1. The summed E-state index contributed by atoms with van der Waals surface area (Å²) in [6.45, 7) is 1.74. The predicted molar refractivity (Wildman–Crippen MR) is 66.0 cm³/mol. The van der Waals surface area contributed by atoms with Crippen molar-refractivity contribution in [3.8, 4) is 5.75 Å². The fourth-order valence-corrected chi connectivity index (χ4v) is 2.08. The van der Waals surface area contributed by atoms with Gasteiger partial charge in [0.15, 0.2) is 5.78 Å². The largest absolute Gasteiger partial charge is 0.496 e. The molecular weight excluding hydrogens is 234 g/mol. The van der Waals surface area contributed by atoms with Crippen LogP contribution in [0.4, 0.5) is 5.69 Å². The van der Waals surface area contributed by atoms with Crippen molar-refractivity contribution in [3.63, 3.8) is 0 Å². The molecule has 1 atom stereocenters.